The number of ether oxygens (including phenoxy) is 2. The van der Waals surface area contributed by atoms with Gasteiger partial charge in [0.05, 0.1) is 7.11 Å². The first-order valence-electron chi connectivity index (χ1n) is 5.59. The van der Waals surface area contributed by atoms with Gasteiger partial charge in [0.1, 0.15) is 5.01 Å². The Morgan fingerprint density at radius 1 is 1.59 bits per heavy atom. The number of hydrogen-bond acceptors (Lipinski definition) is 6. The van der Waals surface area contributed by atoms with Crippen molar-refractivity contribution in [3.8, 4) is 0 Å². The molecule has 17 heavy (non-hydrogen) atoms. The van der Waals surface area contributed by atoms with E-state index < -0.39 is 0 Å². The van der Waals surface area contributed by atoms with Crippen molar-refractivity contribution in [1.82, 2.24) is 10.3 Å². The minimum atomic E-state index is -0.385. The van der Waals surface area contributed by atoms with Crippen LogP contribution in [0.3, 0.4) is 0 Å². The van der Waals surface area contributed by atoms with E-state index in [0.717, 1.165) is 31.2 Å². The molecule has 0 aliphatic heterocycles. The second-order valence-electron chi connectivity index (χ2n) is 3.35. The number of rotatable bonds is 8. The molecule has 0 spiro atoms. The summed E-state index contributed by atoms with van der Waals surface area (Å²) in [6.07, 6.45) is 0.975. The molecule has 0 aromatic carbocycles. The van der Waals surface area contributed by atoms with Gasteiger partial charge in [-0.25, -0.2) is 9.78 Å². The van der Waals surface area contributed by atoms with Crippen molar-refractivity contribution in [3.05, 3.63) is 16.1 Å². The van der Waals surface area contributed by atoms with Gasteiger partial charge in [-0.15, -0.1) is 11.3 Å². The van der Waals surface area contributed by atoms with E-state index in [1.54, 1.807) is 5.38 Å². The maximum Gasteiger partial charge on any atom is 0.357 e. The predicted molar refractivity (Wildman–Crippen MR) is 66.3 cm³/mol. The molecule has 0 bridgehead atoms. The molecule has 1 aromatic heterocycles. The predicted octanol–water partition coefficient (Wildman–Crippen LogP) is 1.45. The molecule has 1 aromatic rings. The van der Waals surface area contributed by atoms with Crippen LogP contribution in [0.1, 0.15) is 28.8 Å². The maximum absolute atomic E-state index is 11.2. The molecule has 0 saturated carbocycles. The number of carbonyl (C=O) groups excluding carboxylic acids is 1. The fraction of sp³-hybridized carbons (Fsp3) is 0.636. The Morgan fingerprint density at radius 3 is 3.12 bits per heavy atom. The standard InChI is InChI=1S/C11H18N2O3S/c1-3-16-6-4-5-12-7-10-13-9(8-17-10)11(14)15-2/h8,12H,3-7H2,1-2H3. The number of esters is 1. The monoisotopic (exact) mass is 258 g/mol. The van der Waals surface area contributed by atoms with E-state index in [1.165, 1.54) is 18.4 Å². The molecule has 5 nitrogen and oxygen atoms in total. The smallest absolute Gasteiger partial charge is 0.357 e. The van der Waals surface area contributed by atoms with Crippen molar-refractivity contribution < 1.29 is 14.3 Å². The summed E-state index contributed by atoms with van der Waals surface area (Å²) in [5.74, 6) is -0.385. The Balaban J connectivity index is 2.19. The Morgan fingerprint density at radius 2 is 2.41 bits per heavy atom. The number of nitrogens with one attached hydrogen (secondary N) is 1. The number of thiazole rings is 1. The highest BCUT2D eigenvalue weighted by atomic mass is 32.1. The van der Waals surface area contributed by atoms with Gasteiger partial charge in [0.2, 0.25) is 0 Å². The zero-order valence-corrected chi connectivity index (χ0v) is 11.0. The Kier molecular flexibility index (Phi) is 6.76. The number of hydrogen-bond donors (Lipinski definition) is 1. The zero-order valence-electron chi connectivity index (χ0n) is 10.2. The minimum Gasteiger partial charge on any atom is -0.464 e. The van der Waals surface area contributed by atoms with Gasteiger partial charge < -0.3 is 14.8 Å². The third-order valence-corrected chi connectivity index (χ3v) is 2.92. The molecule has 0 saturated heterocycles. The van der Waals surface area contributed by atoms with Crippen molar-refractivity contribution >= 4 is 17.3 Å². The van der Waals surface area contributed by atoms with Crippen molar-refractivity contribution in [1.29, 1.82) is 0 Å². The van der Waals surface area contributed by atoms with Crippen molar-refractivity contribution in [3.63, 3.8) is 0 Å². The van der Waals surface area contributed by atoms with Crippen LogP contribution in [0.5, 0.6) is 0 Å². The number of carbonyl (C=O) groups is 1. The Hall–Kier alpha value is -0.980. The highest BCUT2D eigenvalue weighted by molar-refractivity contribution is 7.09. The lowest BCUT2D eigenvalue weighted by Crippen LogP contribution is -2.16. The maximum atomic E-state index is 11.2. The molecule has 0 amide bonds. The SMILES string of the molecule is CCOCCCNCc1nc(C(=O)OC)cs1. The zero-order chi connectivity index (χ0) is 12.5. The molecule has 1 N–H and O–H groups in total. The van der Waals surface area contributed by atoms with Crippen LogP contribution in [0.15, 0.2) is 5.38 Å². The summed E-state index contributed by atoms with van der Waals surface area (Å²) in [6.45, 7) is 5.07. The van der Waals surface area contributed by atoms with E-state index >= 15 is 0 Å². The first kappa shape index (κ1) is 14.1. The van der Waals surface area contributed by atoms with E-state index in [4.69, 9.17) is 4.74 Å². The van der Waals surface area contributed by atoms with E-state index in [-0.39, 0.29) is 5.97 Å². The van der Waals surface area contributed by atoms with Crippen LogP contribution >= 0.6 is 11.3 Å². The van der Waals surface area contributed by atoms with E-state index in [2.05, 4.69) is 15.0 Å². The summed E-state index contributed by atoms with van der Waals surface area (Å²) in [5.41, 5.74) is 0.378. The number of nitrogens with zero attached hydrogens (tertiary/aromatic N) is 1. The average molecular weight is 258 g/mol. The van der Waals surface area contributed by atoms with E-state index in [9.17, 15) is 4.79 Å². The molecule has 0 fully saturated rings. The molecular formula is C11H18N2O3S. The largest absolute Gasteiger partial charge is 0.464 e. The first-order chi connectivity index (χ1) is 8.27. The quantitative estimate of drug-likeness (QED) is 0.565. The second kappa shape index (κ2) is 8.16. The highest BCUT2D eigenvalue weighted by Gasteiger charge is 2.09. The lowest BCUT2D eigenvalue weighted by atomic mass is 10.4. The van der Waals surface area contributed by atoms with Gasteiger partial charge in [-0.3, -0.25) is 0 Å². The molecule has 0 unspecified atom stereocenters. The van der Waals surface area contributed by atoms with Crippen LogP contribution < -0.4 is 5.32 Å². The molecule has 96 valence electrons. The van der Waals surface area contributed by atoms with Gasteiger partial charge in [-0.2, -0.15) is 0 Å². The molecule has 6 heteroatoms. The summed E-state index contributed by atoms with van der Waals surface area (Å²) in [7, 11) is 1.35. The van der Waals surface area contributed by atoms with E-state index in [1.807, 2.05) is 6.92 Å². The molecule has 0 atom stereocenters. The van der Waals surface area contributed by atoms with Crippen LogP contribution in [-0.4, -0.2) is 37.8 Å². The van der Waals surface area contributed by atoms with Crippen molar-refractivity contribution in [2.45, 2.75) is 19.9 Å². The number of aromatic nitrogens is 1. The third-order valence-electron chi connectivity index (χ3n) is 2.07. The molecule has 0 radical (unpaired) electrons. The summed E-state index contributed by atoms with van der Waals surface area (Å²) in [5, 5.41) is 5.85. The second-order valence-corrected chi connectivity index (χ2v) is 4.29. The Labute approximate surface area is 105 Å². The third kappa shape index (κ3) is 5.25. The lowest BCUT2D eigenvalue weighted by Gasteiger charge is -2.02. The van der Waals surface area contributed by atoms with Crippen molar-refractivity contribution in [2.24, 2.45) is 0 Å². The normalized spacial score (nSPS) is 10.5. The number of methoxy groups -OCH3 is 1. The van der Waals surface area contributed by atoms with Crippen LogP contribution in [0.2, 0.25) is 0 Å². The van der Waals surface area contributed by atoms with Crippen LogP contribution in [-0.2, 0) is 16.0 Å². The van der Waals surface area contributed by atoms with Crippen LogP contribution in [0.4, 0.5) is 0 Å². The highest BCUT2D eigenvalue weighted by Crippen LogP contribution is 2.10. The van der Waals surface area contributed by atoms with Crippen molar-refractivity contribution in [2.75, 3.05) is 26.9 Å². The van der Waals surface area contributed by atoms with Gasteiger partial charge in [-0.05, 0) is 19.9 Å². The molecule has 0 aliphatic rings. The topological polar surface area (TPSA) is 60.5 Å². The van der Waals surface area contributed by atoms with Gasteiger partial charge in [0.15, 0.2) is 5.69 Å². The first-order valence-corrected chi connectivity index (χ1v) is 6.47. The fourth-order valence-electron chi connectivity index (χ4n) is 1.23. The lowest BCUT2D eigenvalue weighted by molar-refractivity contribution is 0.0594. The van der Waals surface area contributed by atoms with Crippen LogP contribution in [0, 0.1) is 0 Å². The van der Waals surface area contributed by atoms with E-state index in [0.29, 0.717) is 12.2 Å². The molecule has 1 rings (SSSR count). The van der Waals surface area contributed by atoms with Gasteiger partial charge in [-0.1, -0.05) is 0 Å². The molecular weight excluding hydrogens is 240 g/mol. The fourth-order valence-corrected chi connectivity index (χ4v) is 1.96. The summed E-state index contributed by atoms with van der Waals surface area (Å²) in [4.78, 5) is 15.3. The van der Waals surface area contributed by atoms with Gasteiger partial charge in [0.25, 0.3) is 0 Å². The van der Waals surface area contributed by atoms with Gasteiger partial charge >= 0.3 is 5.97 Å². The minimum absolute atomic E-state index is 0.378. The average Bonchev–Trinajstić information content (AvgIpc) is 2.81. The summed E-state index contributed by atoms with van der Waals surface area (Å²) < 4.78 is 9.81. The molecule has 1 heterocycles. The molecule has 0 aliphatic carbocycles. The van der Waals surface area contributed by atoms with Gasteiger partial charge in [0, 0.05) is 25.1 Å². The van der Waals surface area contributed by atoms with Crippen LogP contribution in [0.25, 0.3) is 0 Å². The summed E-state index contributed by atoms with van der Waals surface area (Å²) >= 11 is 1.46. The Bertz CT molecular complexity index is 341. The summed E-state index contributed by atoms with van der Waals surface area (Å²) in [6, 6.07) is 0.